The molecule has 3 aromatic rings. The van der Waals surface area contributed by atoms with E-state index in [1.165, 1.54) is 34.9 Å². The van der Waals surface area contributed by atoms with E-state index in [1.807, 2.05) is 24.4 Å². The third-order valence-corrected chi connectivity index (χ3v) is 4.97. The fourth-order valence-electron chi connectivity index (χ4n) is 3.63. The summed E-state index contributed by atoms with van der Waals surface area (Å²) in [5.74, 6) is 0.0308. The first-order chi connectivity index (χ1) is 11.8. The zero-order chi connectivity index (χ0) is 16.4. The Labute approximate surface area is 142 Å². The monoisotopic (exact) mass is 318 g/mol. The van der Waals surface area contributed by atoms with Crippen molar-refractivity contribution in [3.63, 3.8) is 0 Å². The van der Waals surface area contributed by atoms with Crippen LogP contribution in [-0.4, -0.2) is 17.4 Å². The quantitative estimate of drug-likeness (QED) is 0.750. The smallest absolute Gasteiger partial charge is 0.251 e. The van der Waals surface area contributed by atoms with Gasteiger partial charge in [0.15, 0.2) is 0 Å². The van der Waals surface area contributed by atoms with Gasteiger partial charge in [0.1, 0.15) is 0 Å². The predicted molar refractivity (Wildman–Crippen MR) is 97.4 cm³/mol. The predicted octanol–water partition coefficient (Wildman–Crippen LogP) is 4.02. The second kappa shape index (κ2) is 6.52. The van der Waals surface area contributed by atoms with E-state index in [0.717, 1.165) is 30.3 Å². The second-order valence-electron chi connectivity index (χ2n) is 6.56. The molecule has 24 heavy (non-hydrogen) atoms. The van der Waals surface area contributed by atoms with Crippen LogP contribution in [0, 0.1) is 0 Å². The molecule has 0 bridgehead atoms. The molecule has 0 saturated carbocycles. The number of H-pyrrole nitrogens is 1. The van der Waals surface area contributed by atoms with Gasteiger partial charge in [0.2, 0.25) is 0 Å². The minimum atomic E-state index is 0.0308. The number of fused-ring (bicyclic) bond motifs is 2. The molecular weight excluding hydrogens is 296 g/mol. The zero-order valence-electron chi connectivity index (χ0n) is 13.8. The molecule has 122 valence electrons. The maximum absolute atomic E-state index is 12.4. The van der Waals surface area contributed by atoms with Gasteiger partial charge in [-0.25, -0.2) is 0 Å². The molecule has 1 amide bonds. The molecule has 1 heterocycles. The van der Waals surface area contributed by atoms with Crippen LogP contribution in [-0.2, 0) is 19.3 Å². The highest BCUT2D eigenvalue weighted by atomic mass is 16.1. The van der Waals surface area contributed by atoms with Crippen LogP contribution in [0.3, 0.4) is 0 Å². The summed E-state index contributed by atoms with van der Waals surface area (Å²) in [7, 11) is 0. The summed E-state index contributed by atoms with van der Waals surface area (Å²) in [4.78, 5) is 15.7. The van der Waals surface area contributed by atoms with Crippen LogP contribution >= 0.6 is 0 Å². The summed E-state index contributed by atoms with van der Waals surface area (Å²) in [5, 5.41) is 4.29. The van der Waals surface area contributed by atoms with Gasteiger partial charge >= 0.3 is 0 Å². The van der Waals surface area contributed by atoms with Gasteiger partial charge in [0.05, 0.1) is 0 Å². The van der Waals surface area contributed by atoms with E-state index < -0.39 is 0 Å². The molecule has 0 spiro atoms. The standard InChI is InChI=1S/C21H22N2O/c24-21(17-10-9-15-5-1-2-6-16(15)13-17)22-12-11-18-14-23-20-8-4-3-7-19(18)20/h3-4,7-10,13-14,23H,1-2,5-6,11-12H2,(H,22,24). The lowest BCUT2D eigenvalue weighted by atomic mass is 9.90. The normalized spacial score (nSPS) is 13.7. The lowest BCUT2D eigenvalue weighted by Gasteiger charge is -2.16. The van der Waals surface area contributed by atoms with Gasteiger partial charge < -0.3 is 10.3 Å². The number of nitrogens with one attached hydrogen (secondary N) is 2. The Morgan fingerprint density at radius 2 is 1.88 bits per heavy atom. The topological polar surface area (TPSA) is 44.9 Å². The highest BCUT2D eigenvalue weighted by Crippen LogP contribution is 2.22. The summed E-state index contributed by atoms with van der Waals surface area (Å²) in [6.45, 7) is 0.651. The number of hydrogen-bond donors (Lipinski definition) is 2. The average molecular weight is 318 g/mol. The van der Waals surface area contributed by atoms with E-state index in [-0.39, 0.29) is 5.91 Å². The third-order valence-electron chi connectivity index (χ3n) is 4.97. The largest absolute Gasteiger partial charge is 0.361 e. The number of aromatic nitrogens is 1. The number of benzene rings is 2. The first-order valence-corrected chi connectivity index (χ1v) is 8.76. The SMILES string of the molecule is O=C(NCCc1c[nH]c2ccccc12)c1ccc2c(c1)CCCC2. The van der Waals surface area contributed by atoms with Crippen molar-refractivity contribution >= 4 is 16.8 Å². The molecule has 2 aromatic carbocycles. The number of para-hydroxylation sites is 1. The van der Waals surface area contributed by atoms with Gasteiger partial charge in [-0.1, -0.05) is 24.3 Å². The van der Waals surface area contributed by atoms with Crippen LogP contribution in [0.1, 0.15) is 39.9 Å². The van der Waals surface area contributed by atoms with Crippen LogP contribution < -0.4 is 5.32 Å². The highest BCUT2D eigenvalue weighted by molar-refractivity contribution is 5.94. The molecular formula is C21H22N2O. The van der Waals surface area contributed by atoms with E-state index in [4.69, 9.17) is 0 Å². The molecule has 0 aliphatic heterocycles. The fraction of sp³-hybridized carbons (Fsp3) is 0.286. The minimum absolute atomic E-state index is 0.0308. The van der Waals surface area contributed by atoms with Crippen molar-refractivity contribution in [2.45, 2.75) is 32.1 Å². The lowest BCUT2D eigenvalue weighted by Crippen LogP contribution is -2.26. The molecule has 0 fully saturated rings. The Balaban J connectivity index is 1.40. The molecule has 0 radical (unpaired) electrons. The van der Waals surface area contributed by atoms with Crippen molar-refractivity contribution in [2.24, 2.45) is 0 Å². The molecule has 1 aliphatic rings. The van der Waals surface area contributed by atoms with Crippen molar-refractivity contribution in [3.05, 3.63) is 70.9 Å². The first kappa shape index (κ1) is 15.0. The molecule has 4 rings (SSSR count). The lowest BCUT2D eigenvalue weighted by molar-refractivity contribution is 0.0954. The second-order valence-corrected chi connectivity index (χ2v) is 6.56. The summed E-state index contributed by atoms with van der Waals surface area (Å²) in [5.41, 5.74) is 5.95. The summed E-state index contributed by atoms with van der Waals surface area (Å²) < 4.78 is 0. The van der Waals surface area contributed by atoms with Crippen LogP contribution in [0.15, 0.2) is 48.7 Å². The first-order valence-electron chi connectivity index (χ1n) is 8.76. The van der Waals surface area contributed by atoms with Crippen LogP contribution in [0.4, 0.5) is 0 Å². The van der Waals surface area contributed by atoms with Crippen LogP contribution in [0.25, 0.3) is 10.9 Å². The Bertz CT molecular complexity index is 878. The van der Waals surface area contributed by atoms with Crippen molar-refractivity contribution in [1.29, 1.82) is 0 Å². The molecule has 0 saturated heterocycles. The van der Waals surface area contributed by atoms with E-state index in [2.05, 4.69) is 34.6 Å². The zero-order valence-corrected chi connectivity index (χ0v) is 13.8. The van der Waals surface area contributed by atoms with Gasteiger partial charge in [-0.05, 0) is 67.0 Å². The number of hydrogen-bond acceptors (Lipinski definition) is 1. The number of aryl methyl sites for hydroxylation is 2. The summed E-state index contributed by atoms with van der Waals surface area (Å²) >= 11 is 0. The average Bonchev–Trinajstić information content (AvgIpc) is 3.04. The fourth-order valence-corrected chi connectivity index (χ4v) is 3.63. The molecule has 0 atom stereocenters. The number of amides is 1. The maximum Gasteiger partial charge on any atom is 0.251 e. The minimum Gasteiger partial charge on any atom is -0.361 e. The summed E-state index contributed by atoms with van der Waals surface area (Å²) in [6, 6.07) is 14.4. The maximum atomic E-state index is 12.4. The number of carbonyl (C=O) groups is 1. The Morgan fingerprint density at radius 3 is 2.79 bits per heavy atom. The summed E-state index contributed by atoms with van der Waals surface area (Å²) in [6.07, 6.45) is 7.63. The van der Waals surface area contributed by atoms with E-state index >= 15 is 0 Å². The van der Waals surface area contributed by atoms with Gasteiger partial charge in [0, 0.05) is 29.2 Å². The van der Waals surface area contributed by atoms with Crippen LogP contribution in [0.5, 0.6) is 0 Å². The van der Waals surface area contributed by atoms with Crippen molar-refractivity contribution in [2.75, 3.05) is 6.54 Å². The van der Waals surface area contributed by atoms with E-state index in [9.17, 15) is 4.79 Å². The van der Waals surface area contributed by atoms with Crippen molar-refractivity contribution in [1.82, 2.24) is 10.3 Å². The Hall–Kier alpha value is -2.55. The highest BCUT2D eigenvalue weighted by Gasteiger charge is 2.12. The van der Waals surface area contributed by atoms with Gasteiger partial charge in [-0.15, -0.1) is 0 Å². The van der Waals surface area contributed by atoms with Crippen molar-refractivity contribution < 1.29 is 4.79 Å². The number of carbonyl (C=O) groups excluding carboxylic acids is 1. The molecule has 3 nitrogen and oxygen atoms in total. The molecule has 0 unspecified atom stereocenters. The van der Waals surface area contributed by atoms with Crippen molar-refractivity contribution in [3.8, 4) is 0 Å². The molecule has 2 N–H and O–H groups in total. The van der Waals surface area contributed by atoms with Gasteiger partial charge in [-0.2, -0.15) is 0 Å². The number of rotatable bonds is 4. The number of aromatic amines is 1. The molecule has 3 heteroatoms. The van der Waals surface area contributed by atoms with Gasteiger partial charge in [0.25, 0.3) is 5.91 Å². The molecule has 1 aromatic heterocycles. The van der Waals surface area contributed by atoms with Crippen LogP contribution in [0.2, 0.25) is 0 Å². The molecule has 1 aliphatic carbocycles. The third kappa shape index (κ3) is 2.94. The van der Waals surface area contributed by atoms with E-state index in [0.29, 0.717) is 6.54 Å². The van der Waals surface area contributed by atoms with E-state index in [1.54, 1.807) is 0 Å². The van der Waals surface area contributed by atoms with Gasteiger partial charge in [-0.3, -0.25) is 4.79 Å². The Kier molecular flexibility index (Phi) is 4.08. The Morgan fingerprint density at radius 1 is 1.04 bits per heavy atom.